The molecule has 0 spiro atoms. The van der Waals surface area contributed by atoms with Gasteiger partial charge in [-0.1, -0.05) is 6.92 Å². The summed E-state index contributed by atoms with van der Waals surface area (Å²) in [6, 6.07) is 4.15. The Labute approximate surface area is 122 Å². The van der Waals surface area contributed by atoms with Crippen LogP contribution in [0.2, 0.25) is 0 Å². The zero-order valence-electron chi connectivity index (χ0n) is 12.1. The molecule has 1 fully saturated rings. The molecule has 114 valence electrons. The zero-order valence-corrected chi connectivity index (χ0v) is 12.1. The van der Waals surface area contributed by atoms with Crippen molar-refractivity contribution in [2.75, 3.05) is 25.1 Å². The number of carbonyl (C=O) groups excluding carboxylic acids is 1. The molecule has 0 radical (unpaired) electrons. The van der Waals surface area contributed by atoms with Gasteiger partial charge in [-0.2, -0.15) is 0 Å². The van der Waals surface area contributed by atoms with Crippen molar-refractivity contribution < 1.29 is 14.8 Å². The summed E-state index contributed by atoms with van der Waals surface area (Å²) >= 11 is 0. The second-order valence-electron chi connectivity index (χ2n) is 5.25. The number of carbonyl (C=O) groups is 1. The first-order chi connectivity index (χ1) is 9.99. The maximum Gasteiger partial charge on any atom is 0.292 e. The maximum atomic E-state index is 11.7. The van der Waals surface area contributed by atoms with Gasteiger partial charge >= 0.3 is 0 Å². The lowest BCUT2D eigenvalue weighted by molar-refractivity contribution is -0.384. The molecule has 1 aliphatic rings. The molecule has 2 rings (SSSR count). The van der Waals surface area contributed by atoms with E-state index < -0.39 is 4.92 Å². The summed E-state index contributed by atoms with van der Waals surface area (Å²) in [5.74, 6) is -0.0443. The third-order valence-corrected chi connectivity index (χ3v) is 4.04. The number of anilines is 1. The molecule has 2 atom stereocenters. The Morgan fingerprint density at radius 1 is 1.57 bits per heavy atom. The van der Waals surface area contributed by atoms with Gasteiger partial charge in [-0.25, -0.2) is 0 Å². The molecule has 1 aliphatic heterocycles. The van der Waals surface area contributed by atoms with Crippen molar-refractivity contribution >= 4 is 17.3 Å². The molecular weight excluding hydrogens is 274 g/mol. The molecule has 21 heavy (non-hydrogen) atoms. The van der Waals surface area contributed by atoms with Crippen LogP contribution < -0.4 is 10.2 Å². The van der Waals surface area contributed by atoms with E-state index >= 15 is 0 Å². The van der Waals surface area contributed by atoms with Crippen molar-refractivity contribution in [3.8, 4) is 0 Å². The maximum absolute atomic E-state index is 11.7. The number of benzene rings is 1. The van der Waals surface area contributed by atoms with Gasteiger partial charge in [0.25, 0.3) is 11.6 Å². The number of hydrogen-bond acceptors (Lipinski definition) is 5. The summed E-state index contributed by atoms with van der Waals surface area (Å²) < 4.78 is 0. The predicted octanol–water partition coefficient (Wildman–Crippen LogP) is 1.16. The fourth-order valence-electron chi connectivity index (χ4n) is 2.78. The molecule has 1 amide bonds. The van der Waals surface area contributed by atoms with E-state index in [2.05, 4.69) is 5.32 Å². The third-order valence-electron chi connectivity index (χ3n) is 4.04. The summed E-state index contributed by atoms with van der Waals surface area (Å²) in [6.45, 7) is 2.57. The van der Waals surface area contributed by atoms with Gasteiger partial charge in [-0.15, -0.1) is 0 Å². The van der Waals surface area contributed by atoms with Gasteiger partial charge in [0.1, 0.15) is 5.69 Å². The SMILES string of the molecule is CNC(=O)c1ccc([N+](=O)[O-])c(N2CCC(C)C2CO)c1. The van der Waals surface area contributed by atoms with Crippen LogP contribution in [0.25, 0.3) is 0 Å². The molecule has 1 heterocycles. The van der Waals surface area contributed by atoms with Gasteiger partial charge in [0.05, 0.1) is 17.6 Å². The molecule has 7 heteroatoms. The minimum absolute atomic E-state index is 0.0461. The topological polar surface area (TPSA) is 95.7 Å². The van der Waals surface area contributed by atoms with E-state index in [4.69, 9.17) is 0 Å². The van der Waals surface area contributed by atoms with Gasteiger partial charge in [0.15, 0.2) is 0 Å². The summed E-state index contributed by atoms with van der Waals surface area (Å²) in [7, 11) is 1.51. The number of nitrogens with one attached hydrogen (secondary N) is 1. The first-order valence-corrected chi connectivity index (χ1v) is 6.87. The van der Waals surface area contributed by atoms with E-state index in [1.54, 1.807) is 0 Å². The van der Waals surface area contributed by atoms with Crippen molar-refractivity contribution in [3.63, 3.8) is 0 Å². The van der Waals surface area contributed by atoms with Crippen LogP contribution in [0.1, 0.15) is 23.7 Å². The number of nitro groups is 1. The van der Waals surface area contributed by atoms with E-state index in [0.29, 0.717) is 17.8 Å². The second kappa shape index (κ2) is 6.09. The van der Waals surface area contributed by atoms with Crippen LogP contribution in [-0.4, -0.2) is 42.2 Å². The lowest BCUT2D eigenvalue weighted by Gasteiger charge is -2.27. The van der Waals surface area contributed by atoms with Gasteiger partial charge < -0.3 is 15.3 Å². The van der Waals surface area contributed by atoms with Gasteiger partial charge in [-0.3, -0.25) is 14.9 Å². The number of rotatable bonds is 4. The molecule has 2 unspecified atom stereocenters. The highest BCUT2D eigenvalue weighted by atomic mass is 16.6. The van der Waals surface area contributed by atoms with Crippen LogP contribution in [0.4, 0.5) is 11.4 Å². The van der Waals surface area contributed by atoms with Crippen LogP contribution in [0, 0.1) is 16.0 Å². The standard InChI is InChI=1S/C14H19N3O4/c1-9-5-6-16(13(9)8-18)12-7-10(14(19)15-2)3-4-11(12)17(20)21/h3-4,7,9,13,18H,5-6,8H2,1-2H3,(H,15,19). The number of aliphatic hydroxyl groups is 1. The normalized spacial score (nSPS) is 21.4. The Morgan fingerprint density at radius 3 is 2.86 bits per heavy atom. The summed E-state index contributed by atoms with van der Waals surface area (Å²) in [4.78, 5) is 24.3. The summed E-state index contributed by atoms with van der Waals surface area (Å²) in [5, 5.41) is 23.3. The number of hydrogen-bond donors (Lipinski definition) is 2. The number of nitro benzene ring substituents is 1. The summed E-state index contributed by atoms with van der Waals surface area (Å²) in [6.07, 6.45) is 0.854. The molecule has 0 saturated carbocycles. The zero-order chi connectivity index (χ0) is 15.6. The van der Waals surface area contributed by atoms with Crippen LogP contribution in [0.15, 0.2) is 18.2 Å². The molecule has 0 aliphatic carbocycles. The molecule has 2 N–H and O–H groups in total. The molecular formula is C14H19N3O4. The van der Waals surface area contributed by atoms with Crippen LogP contribution in [-0.2, 0) is 0 Å². The largest absolute Gasteiger partial charge is 0.394 e. The van der Waals surface area contributed by atoms with Crippen molar-refractivity contribution in [2.45, 2.75) is 19.4 Å². The second-order valence-corrected chi connectivity index (χ2v) is 5.25. The molecule has 0 aromatic heterocycles. The van der Waals surface area contributed by atoms with Crippen molar-refractivity contribution in [1.82, 2.24) is 5.32 Å². The average molecular weight is 293 g/mol. The first-order valence-electron chi connectivity index (χ1n) is 6.87. The molecule has 1 aromatic rings. The predicted molar refractivity (Wildman–Crippen MR) is 78.5 cm³/mol. The van der Waals surface area contributed by atoms with Crippen LogP contribution in [0.5, 0.6) is 0 Å². The van der Waals surface area contributed by atoms with Gasteiger partial charge in [0, 0.05) is 25.2 Å². The van der Waals surface area contributed by atoms with E-state index in [0.717, 1.165) is 6.42 Å². The lowest BCUT2D eigenvalue weighted by atomic mass is 10.0. The van der Waals surface area contributed by atoms with Gasteiger partial charge in [-0.05, 0) is 24.5 Å². The highest BCUT2D eigenvalue weighted by Crippen LogP contribution is 2.36. The number of amides is 1. The van der Waals surface area contributed by atoms with E-state index in [9.17, 15) is 20.0 Å². The van der Waals surface area contributed by atoms with E-state index in [1.165, 1.54) is 25.2 Å². The number of aliphatic hydroxyl groups excluding tert-OH is 1. The van der Waals surface area contributed by atoms with Crippen molar-refractivity contribution in [2.24, 2.45) is 5.92 Å². The van der Waals surface area contributed by atoms with Crippen molar-refractivity contribution in [1.29, 1.82) is 0 Å². The Balaban J connectivity index is 2.48. The van der Waals surface area contributed by atoms with E-state index in [-0.39, 0.29) is 30.2 Å². The quantitative estimate of drug-likeness (QED) is 0.641. The average Bonchev–Trinajstić information content (AvgIpc) is 2.86. The molecule has 1 aromatic carbocycles. The summed E-state index contributed by atoms with van der Waals surface area (Å²) in [5.41, 5.74) is 0.717. The molecule has 7 nitrogen and oxygen atoms in total. The Morgan fingerprint density at radius 2 is 2.29 bits per heavy atom. The van der Waals surface area contributed by atoms with E-state index in [1.807, 2.05) is 11.8 Å². The lowest BCUT2D eigenvalue weighted by Crippen LogP contribution is -2.35. The van der Waals surface area contributed by atoms with Gasteiger partial charge in [0.2, 0.25) is 0 Å². The Bertz CT molecular complexity index is 561. The Hall–Kier alpha value is -2.15. The third kappa shape index (κ3) is 2.82. The highest BCUT2D eigenvalue weighted by Gasteiger charge is 2.34. The molecule has 1 saturated heterocycles. The van der Waals surface area contributed by atoms with Crippen LogP contribution in [0.3, 0.4) is 0 Å². The monoisotopic (exact) mass is 293 g/mol. The number of nitrogens with zero attached hydrogens (tertiary/aromatic N) is 2. The first kappa shape index (κ1) is 15.2. The highest BCUT2D eigenvalue weighted by molar-refractivity contribution is 5.95. The van der Waals surface area contributed by atoms with Crippen LogP contribution >= 0.6 is 0 Å². The minimum Gasteiger partial charge on any atom is -0.394 e. The van der Waals surface area contributed by atoms with Crippen molar-refractivity contribution in [3.05, 3.63) is 33.9 Å². The Kier molecular flexibility index (Phi) is 4.42. The smallest absolute Gasteiger partial charge is 0.292 e. The fourth-order valence-corrected chi connectivity index (χ4v) is 2.78. The minimum atomic E-state index is -0.458. The fraction of sp³-hybridized carbons (Fsp3) is 0.500. The molecule has 0 bridgehead atoms.